The van der Waals surface area contributed by atoms with Crippen molar-refractivity contribution in [1.82, 2.24) is 4.98 Å². The SMILES string of the molecule is CC1=NN(c2ccccc2)C(=O)C1C(=O)Cc1nccs1. The summed E-state index contributed by atoms with van der Waals surface area (Å²) in [5.41, 5.74) is 1.21. The van der Waals surface area contributed by atoms with Crippen molar-refractivity contribution in [2.45, 2.75) is 13.3 Å². The average molecular weight is 299 g/mol. The molecule has 21 heavy (non-hydrogen) atoms. The number of hydrogen-bond acceptors (Lipinski definition) is 5. The number of ketones is 1. The molecule has 2 heterocycles. The number of hydrazone groups is 1. The van der Waals surface area contributed by atoms with E-state index in [1.165, 1.54) is 16.3 Å². The first kappa shape index (κ1) is 13.6. The number of nitrogens with zero attached hydrogens (tertiary/aromatic N) is 3. The minimum absolute atomic E-state index is 0.158. The molecular weight excluding hydrogens is 286 g/mol. The van der Waals surface area contributed by atoms with E-state index in [-0.39, 0.29) is 18.1 Å². The molecule has 106 valence electrons. The van der Waals surface area contributed by atoms with E-state index in [0.29, 0.717) is 11.4 Å². The molecule has 5 nitrogen and oxygen atoms in total. The number of thiazole rings is 1. The number of para-hydroxylation sites is 1. The maximum Gasteiger partial charge on any atom is 0.263 e. The maximum absolute atomic E-state index is 12.5. The predicted octanol–water partition coefficient (Wildman–Crippen LogP) is 2.29. The smallest absolute Gasteiger partial charge is 0.263 e. The molecule has 1 aromatic carbocycles. The van der Waals surface area contributed by atoms with Gasteiger partial charge in [-0.15, -0.1) is 11.3 Å². The van der Waals surface area contributed by atoms with Crippen LogP contribution in [0.2, 0.25) is 0 Å². The highest BCUT2D eigenvalue weighted by molar-refractivity contribution is 7.09. The molecule has 0 N–H and O–H groups in total. The molecule has 1 aromatic heterocycles. The van der Waals surface area contributed by atoms with Crippen LogP contribution in [0.4, 0.5) is 5.69 Å². The Hall–Kier alpha value is -2.34. The van der Waals surface area contributed by atoms with Crippen molar-refractivity contribution in [1.29, 1.82) is 0 Å². The topological polar surface area (TPSA) is 62.6 Å². The van der Waals surface area contributed by atoms with Crippen LogP contribution < -0.4 is 5.01 Å². The van der Waals surface area contributed by atoms with Crippen LogP contribution in [-0.2, 0) is 16.0 Å². The van der Waals surface area contributed by atoms with Crippen molar-refractivity contribution in [3.63, 3.8) is 0 Å². The molecule has 2 aromatic rings. The molecule has 1 unspecified atom stereocenters. The Labute approximate surface area is 125 Å². The van der Waals surface area contributed by atoms with E-state index < -0.39 is 5.92 Å². The third-order valence-electron chi connectivity index (χ3n) is 3.26. The van der Waals surface area contributed by atoms with Gasteiger partial charge in [-0.05, 0) is 19.1 Å². The number of benzene rings is 1. The van der Waals surface area contributed by atoms with Crippen molar-refractivity contribution in [2.75, 3.05) is 5.01 Å². The second kappa shape index (κ2) is 5.57. The molecule has 3 rings (SSSR count). The van der Waals surface area contributed by atoms with Crippen LogP contribution in [0, 0.1) is 5.92 Å². The fraction of sp³-hybridized carbons (Fsp3) is 0.200. The fourth-order valence-corrected chi connectivity index (χ4v) is 2.91. The summed E-state index contributed by atoms with van der Waals surface area (Å²) in [4.78, 5) is 28.9. The average Bonchev–Trinajstić information content (AvgIpc) is 3.08. The zero-order valence-corrected chi connectivity index (χ0v) is 12.2. The van der Waals surface area contributed by atoms with Gasteiger partial charge in [0, 0.05) is 11.6 Å². The van der Waals surface area contributed by atoms with Crippen molar-refractivity contribution < 1.29 is 9.59 Å². The second-order valence-electron chi connectivity index (χ2n) is 4.73. The van der Waals surface area contributed by atoms with Crippen molar-refractivity contribution in [3.05, 3.63) is 46.9 Å². The number of Topliss-reactive ketones (excluding diaryl/α,β-unsaturated/α-hetero) is 1. The number of rotatable bonds is 4. The molecule has 1 aliphatic heterocycles. The molecule has 0 fully saturated rings. The molecule has 0 radical (unpaired) electrons. The van der Waals surface area contributed by atoms with Gasteiger partial charge in [0.25, 0.3) is 5.91 Å². The standard InChI is InChI=1S/C15H13N3O2S/c1-10-14(12(19)9-13-16-7-8-21-13)15(20)18(17-10)11-5-3-2-4-6-11/h2-8,14H,9H2,1H3. The lowest BCUT2D eigenvalue weighted by molar-refractivity contribution is -0.128. The molecule has 0 spiro atoms. The maximum atomic E-state index is 12.5. The monoisotopic (exact) mass is 299 g/mol. The number of aromatic nitrogens is 1. The Morgan fingerprint density at radius 2 is 2.10 bits per heavy atom. The van der Waals surface area contributed by atoms with E-state index in [1.54, 1.807) is 25.3 Å². The quantitative estimate of drug-likeness (QED) is 0.814. The summed E-state index contributed by atoms with van der Waals surface area (Å²) in [6.45, 7) is 1.71. The minimum atomic E-state index is -0.797. The van der Waals surface area contributed by atoms with Crippen molar-refractivity contribution >= 4 is 34.4 Å². The van der Waals surface area contributed by atoms with E-state index in [2.05, 4.69) is 10.1 Å². The van der Waals surface area contributed by atoms with Gasteiger partial charge in [-0.25, -0.2) is 4.98 Å². The van der Waals surface area contributed by atoms with Gasteiger partial charge in [-0.3, -0.25) is 9.59 Å². The van der Waals surface area contributed by atoms with Gasteiger partial charge >= 0.3 is 0 Å². The highest BCUT2D eigenvalue weighted by Gasteiger charge is 2.39. The minimum Gasteiger partial charge on any atom is -0.298 e. The van der Waals surface area contributed by atoms with Crippen molar-refractivity contribution in [2.24, 2.45) is 11.0 Å². The van der Waals surface area contributed by atoms with Crippen LogP contribution in [0.15, 0.2) is 47.0 Å². The first-order valence-corrected chi connectivity index (χ1v) is 7.40. The molecule has 0 aliphatic carbocycles. The normalized spacial score (nSPS) is 18.0. The van der Waals surface area contributed by atoms with Gasteiger partial charge in [-0.2, -0.15) is 10.1 Å². The summed E-state index contributed by atoms with van der Waals surface area (Å²) in [5.74, 6) is -1.25. The van der Waals surface area contributed by atoms with Crippen LogP contribution in [-0.4, -0.2) is 22.4 Å². The fourth-order valence-electron chi connectivity index (χ4n) is 2.28. The molecule has 6 heteroatoms. The van der Waals surface area contributed by atoms with Gasteiger partial charge < -0.3 is 0 Å². The summed E-state index contributed by atoms with van der Waals surface area (Å²) >= 11 is 1.41. The van der Waals surface area contributed by atoms with E-state index in [9.17, 15) is 9.59 Å². The first-order valence-electron chi connectivity index (χ1n) is 6.52. The molecule has 1 aliphatic rings. The number of anilines is 1. The van der Waals surface area contributed by atoms with E-state index in [4.69, 9.17) is 0 Å². The van der Waals surface area contributed by atoms with Gasteiger partial charge in [0.2, 0.25) is 0 Å². The van der Waals surface area contributed by atoms with Gasteiger partial charge in [0.1, 0.15) is 5.92 Å². The zero-order chi connectivity index (χ0) is 14.8. The largest absolute Gasteiger partial charge is 0.298 e. The lowest BCUT2D eigenvalue weighted by atomic mass is 9.97. The highest BCUT2D eigenvalue weighted by atomic mass is 32.1. The Kier molecular flexibility index (Phi) is 3.62. The van der Waals surface area contributed by atoms with E-state index in [1.807, 2.05) is 23.6 Å². The van der Waals surface area contributed by atoms with Crippen LogP contribution in [0.3, 0.4) is 0 Å². The second-order valence-corrected chi connectivity index (χ2v) is 5.71. The highest BCUT2D eigenvalue weighted by Crippen LogP contribution is 2.25. The van der Waals surface area contributed by atoms with E-state index in [0.717, 1.165) is 5.01 Å². The number of amides is 1. The Balaban J connectivity index is 1.81. The predicted molar refractivity (Wildman–Crippen MR) is 81.4 cm³/mol. The number of carbonyl (C=O) groups is 2. The Morgan fingerprint density at radius 3 is 2.76 bits per heavy atom. The van der Waals surface area contributed by atoms with Gasteiger partial charge in [-0.1, -0.05) is 18.2 Å². The lowest BCUT2D eigenvalue weighted by Gasteiger charge is -2.13. The molecule has 0 saturated heterocycles. The third kappa shape index (κ3) is 2.62. The summed E-state index contributed by atoms with van der Waals surface area (Å²) < 4.78 is 0. The molecule has 0 saturated carbocycles. The first-order chi connectivity index (χ1) is 10.2. The number of carbonyl (C=O) groups excluding carboxylic acids is 2. The molecule has 1 amide bonds. The van der Waals surface area contributed by atoms with Gasteiger partial charge in [0.05, 0.1) is 22.8 Å². The lowest BCUT2D eigenvalue weighted by Crippen LogP contribution is -2.33. The summed E-state index contributed by atoms with van der Waals surface area (Å²) in [6.07, 6.45) is 1.82. The summed E-state index contributed by atoms with van der Waals surface area (Å²) in [7, 11) is 0. The molecule has 1 atom stereocenters. The van der Waals surface area contributed by atoms with Crippen LogP contribution in [0.25, 0.3) is 0 Å². The van der Waals surface area contributed by atoms with Crippen LogP contribution in [0.1, 0.15) is 11.9 Å². The summed E-state index contributed by atoms with van der Waals surface area (Å²) in [5, 5.41) is 8.08. The van der Waals surface area contributed by atoms with Crippen molar-refractivity contribution in [3.8, 4) is 0 Å². The Bertz CT molecular complexity index is 695. The van der Waals surface area contributed by atoms with Crippen LogP contribution in [0.5, 0.6) is 0 Å². The molecular formula is C15H13N3O2S. The zero-order valence-electron chi connectivity index (χ0n) is 11.4. The van der Waals surface area contributed by atoms with Gasteiger partial charge in [0.15, 0.2) is 5.78 Å². The van der Waals surface area contributed by atoms with Crippen LogP contribution >= 0.6 is 11.3 Å². The third-order valence-corrected chi connectivity index (χ3v) is 4.04. The molecule has 0 bridgehead atoms. The summed E-state index contributed by atoms with van der Waals surface area (Å²) in [6, 6.07) is 9.12. The number of hydrogen-bond donors (Lipinski definition) is 0. The van der Waals surface area contributed by atoms with E-state index >= 15 is 0 Å². The Morgan fingerprint density at radius 1 is 1.33 bits per heavy atom.